The normalized spacial score (nSPS) is 26.3. The quantitative estimate of drug-likeness (QED) is 0.223. The van der Waals surface area contributed by atoms with Crippen LogP contribution in [0.5, 0.6) is 0 Å². The first-order chi connectivity index (χ1) is 22.2. The van der Waals surface area contributed by atoms with Gasteiger partial charge >= 0.3 is 18.0 Å². The van der Waals surface area contributed by atoms with E-state index in [0.29, 0.717) is 37.8 Å². The number of alkyl halides is 7. The average Bonchev–Trinajstić information content (AvgIpc) is 3.33. The van der Waals surface area contributed by atoms with E-state index in [4.69, 9.17) is 5.26 Å². The van der Waals surface area contributed by atoms with Crippen molar-refractivity contribution in [1.29, 1.82) is 5.26 Å². The molecule has 0 radical (unpaired) electrons. The summed E-state index contributed by atoms with van der Waals surface area (Å²) in [7, 11) is -4.40. The highest BCUT2D eigenvalue weighted by atomic mass is 32.2. The fraction of sp³-hybridized carbons (Fsp3) is 0.600. The number of sulfone groups is 1. The first-order valence-corrected chi connectivity index (χ1v) is 17.6. The monoisotopic (exact) mass is 700 g/mol. The van der Waals surface area contributed by atoms with Gasteiger partial charge in [-0.1, -0.05) is 49.7 Å². The molecule has 3 aliphatic rings. The minimum absolute atomic E-state index is 0.0113. The van der Waals surface area contributed by atoms with Crippen molar-refractivity contribution in [1.82, 2.24) is 4.90 Å². The van der Waals surface area contributed by atoms with Gasteiger partial charge in [0.15, 0.2) is 9.84 Å². The molecule has 4 atom stereocenters. The second kappa shape index (κ2) is 12.3. The second-order valence-corrected chi connectivity index (χ2v) is 16.7. The van der Waals surface area contributed by atoms with Gasteiger partial charge in [-0.05, 0) is 92.9 Å². The van der Waals surface area contributed by atoms with Gasteiger partial charge in [0.05, 0.1) is 17.0 Å². The molecule has 1 heterocycles. The predicted octanol–water partition coefficient (Wildman–Crippen LogP) is 8.64. The first-order valence-electron chi connectivity index (χ1n) is 16.1. The summed E-state index contributed by atoms with van der Waals surface area (Å²) in [6.45, 7) is 5.90. The summed E-state index contributed by atoms with van der Waals surface area (Å²) in [5.41, 5.74) is -6.93. The van der Waals surface area contributed by atoms with Gasteiger partial charge in [-0.25, -0.2) is 12.8 Å². The number of aryl methyl sites for hydroxylation is 2. The molecule has 262 valence electrons. The van der Waals surface area contributed by atoms with Crippen molar-refractivity contribution in [2.45, 2.75) is 112 Å². The zero-order valence-corrected chi connectivity index (χ0v) is 27.8. The molecule has 5 rings (SSSR count). The van der Waals surface area contributed by atoms with Crippen LogP contribution >= 0.6 is 0 Å². The van der Waals surface area contributed by atoms with Gasteiger partial charge in [-0.3, -0.25) is 4.79 Å². The number of hydrogen-bond acceptors (Lipinski definition) is 4. The molecule has 5 nitrogen and oxygen atoms in total. The number of rotatable bonds is 6. The van der Waals surface area contributed by atoms with Crippen LogP contribution < -0.4 is 0 Å². The predicted molar refractivity (Wildman–Crippen MR) is 164 cm³/mol. The van der Waals surface area contributed by atoms with Crippen molar-refractivity contribution in [3.63, 3.8) is 0 Å². The standard InChI is InChI=1S/C35H39F7N2O3S/c1-22-6-12-27(13-7-22)48(46,47)32-16-18-44(30(45)25-9-8-23(5-4-17-43)20-31(2,3)21-25)29(32)15-10-24-19-26(11-14-28(24)32)33(36,34(37,38)39)35(40,41)42/h6-7,11-14,19,23,25,29H,4-5,8-10,15-16,18,20-21H2,1-3H3/t23?,25-,29+,32+/m0/s1. The summed E-state index contributed by atoms with van der Waals surface area (Å²) in [5.74, 6) is -0.407. The number of fused-ring (bicyclic) bond motifs is 3. The molecule has 2 aromatic carbocycles. The molecule has 0 spiro atoms. The number of benzene rings is 2. The van der Waals surface area contributed by atoms with Crippen LogP contribution in [-0.2, 0) is 31.5 Å². The lowest BCUT2D eigenvalue weighted by molar-refractivity contribution is -0.348. The number of hydrogen-bond donors (Lipinski definition) is 0. The number of amides is 1. The Morgan fingerprint density at radius 2 is 1.60 bits per heavy atom. The Labute approximate surface area is 276 Å². The summed E-state index contributed by atoms with van der Waals surface area (Å²) >= 11 is 0. The SMILES string of the molecule is Cc1ccc(S(=O)(=O)[C@@]23CCN(C(=O)[C@H]4CCC(CCC#N)CC(C)(C)C4)[C@@H]2CCc2cc(C(F)(C(F)(F)F)C(F)(F)F)ccc23)cc1. The summed E-state index contributed by atoms with van der Waals surface area (Å²) < 4.78 is 125. The van der Waals surface area contributed by atoms with Crippen molar-refractivity contribution in [2.75, 3.05) is 6.54 Å². The lowest BCUT2D eigenvalue weighted by Crippen LogP contribution is -2.53. The maximum Gasteiger partial charge on any atom is 0.435 e. The zero-order chi connectivity index (χ0) is 35.5. The molecular weight excluding hydrogens is 661 g/mol. The fourth-order valence-corrected chi connectivity index (χ4v) is 10.9. The van der Waals surface area contributed by atoms with Gasteiger partial charge in [0.25, 0.3) is 0 Å². The fourth-order valence-electron chi connectivity index (χ4n) is 8.55. The molecule has 0 bridgehead atoms. The third-order valence-corrected chi connectivity index (χ3v) is 13.3. The van der Waals surface area contributed by atoms with E-state index in [1.54, 1.807) is 24.0 Å². The van der Waals surface area contributed by atoms with E-state index < -0.39 is 50.1 Å². The van der Waals surface area contributed by atoms with E-state index in [0.717, 1.165) is 24.5 Å². The largest absolute Gasteiger partial charge is 0.435 e. The Kier molecular flexibility index (Phi) is 9.28. The molecule has 0 aromatic heterocycles. The highest BCUT2D eigenvalue weighted by Crippen LogP contribution is 2.57. The number of likely N-dealkylation sites (tertiary alicyclic amines) is 1. The van der Waals surface area contributed by atoms with Crippen LogP contribution in [0.1, 0.15) is 87.5 Å². The number of halogens is 7. The molecule has 48 heavy (non-hydrogen) atoms. The number of nitriles is 1. The molecule has 2 aliphatic carbocycles. The Morgan fingerprint density at radius 1 is 0.958 bits per heavy atom. The van der Waals surface area contributed by atoms with Crippen molar-refractivity contribution in [2.24, 2.45) is 17.3 Å². The Hall–Kier alpha value is -3.14. The Bertz CT molecular complexity index is 1680. The van der Waals surface area contributed by atoms with E-state index in [1.165, 1.54) is 12.1 Å². The van der Waals surface area contributed by atoms with Crippen molar-refractivity contribution in [3.05, 3.63) is 64.7 Å². The van der Waals surface area contributed by atoms with Crippen LogP contribution in [0.2, 0.25) is 0 Å². The number of carbonyl (C=O) groups is 1. The van der Waals surface area contributed by atoms with Gasteiger partial charge in [-0.15, -0.1) is 0 Å². The third-order valence-electron chi connectivity index (χ3n) is 10.7. The molecule has 1 saturated carbocycles. The first kappa shape index (κ1) is 36.1. The maximum atomic E-state index is 15.1. The topological polar surface area (TPSA) is 78.2 Å². The highest BCUT2D eigenvalue weighted by Gasteiger charge is 2.74. The lowest BCUT2D eigenvalue weighted by Gasteiger charge is -2.43. The van der Waals surface area contributed by atoms with Crippen LogP contribution in [0.3, 0.4) is 0 Å². The minimum atomic E-state index is -6.32. The van der Waals surface area contributed by atoms with Crippen LogP contribution in [0.4, 0.5) is 30.7 Å². The molecule has 2 fully saturated rings. The van der Waals surface area contributed by atoms with Crippen LogP contribution in [0.15, 0.2) is 47.4 Å². The minimum Gasteiger partial charge on any atom is -0.337 e. The summed E-state index contributed by atoms with van der Waals surface area (Å²) in [6.07, 6.45) is -9.21. The van der Waals surface area contributed by atoms with E-state index in [2.05, 4.69) is 19.9 Å². The molecule has 1 unspecified atom stereocenters. The zero-order valence-electron chi connectivity index (χ0n) is 27.0. The lowest BCUT2D eigenvalue weighted by atomic mass is 9.76. The summed E-state index contributed by atoms with van der Waals surface area (Å²) in [6, 6.07) is 8.97. The Morgan fingerprint density at radius 3 is 2.21 bits per heavy atom. The van der Waals surface area contributed by atoms with Gasteiger partial charge in [-0.2, -0.15) is 31.6 Å². The van der Waals surface area contributed by atoms with Gasteiger partial charge in [0.2, 0.25) is 5.91 Å². The van der Waals surface area contributed by atoms with Gasteiger partial charge < -0.3 is 4.90 Å². The van der Waals surface area contributed by atoms with E-state index in [1.807, 2.05) is 0 Å². The molecule has 2 aromatic rings. The van der Waals surface area contributed by atoms with E-state index in [9.17, 15) is 39.6 Å². The number of carbonyl (C=O) groups excluding carboxylic acids is 1. The van der Waals surface area contributed by atoms with E-state index in [-0.39, 0.29) is 59.1 Å². The van der Waals surface area contributed by atoms with Gasteiger partial charge in [0.1, 0.15) is 4.75 Å². The highest BCUT2D eigenvalue weighted by molar-refractivity contribution is 7.92. The summed E-state index contributed by atoms with van der Waals surface area (Å²) in [5, 5.41) is 9.09. The van der Waals surface area contributed by atoms with Crippen molar-refractivity contribution in [3.8, 4) is 6.07 Å². The Balaban J connectivity index is 1.61. The number of nitrogens with zero attached hydrogens (tertiary/aromatic N) is 2. The smallest absolute Gasteiger partial charge is 0.337 e. The van der Waals surface area contributed by atoms with E-state index >= 15 is 4.39 Å². The third kappa shape index (κ3) is 5.90. The van der Waals surface area contributed by atoms with Gasteiger partial charge in [0, 0.05) is 24.4 Å². The summed E-state index contributed by atoms with van der Waals surface area (Å²) in [4.78, 5) is 15.8. The molecule has 13 heteroatoms. The van der Waals surface area contributed by atoms with Crippen molar-refractivity contribution < 1.29 is 43.9 Å². The maximum absolute atomic E-state index is 15.1. The molecule has 0 N–H and O–H groups in total. The van der Waals surface area contributed by atoms with Crippen LogP contribution in [0.25, 0.3) is 0 Å². The van der Waals surface area contributed by atoms with Crippen LogP contribution in [0, 0.1) is 35.5 Å². The van der Waals surface area contributed by atoms with Crippen LogP contribution in [-0.4, -0.2) is 44.2 Å². The molecule has 1 aliphatic heterocycles. The molecule has 1 amide bonds. The molecular formula is C35H39F7N2O3S. The molecule has 1 saturated heterocycles. The van der Waals surface area contributed by atoms with Crippen molar-refractivity contribution >= 4 is 15.7 Å². The average molecular weight is 701 g/mol. The second-order valence-electron chi connectivity index (χ2n) is 14.5.